The molecule has 0 fully saturated rings. The third-order valence-electron chi connectivity index (χ3n) is 3.35. The molecule has 3 heteroatoms. The molecule has 0 aliphatic carbocycles. The van der Waals surface area contributed by atoms with Crippen molar-refractivity contribution in [1.29, 1.82) is 0 Å². The van der Waals surface area contributed by atoms with E-state index in [1.54, 1.807) is 0 Å². The van der Waals surface area contributed by atoms with Gasteiger partial charge in [-0.25, -0.2) is 0 Å². The monoisotopic (exact) mass is 344 g/mol. The minimum absolute atomic E-state index is 0.188. The first-order valence-electron chi connectivity index (χ1n) is 9.15. The van der Waals surface area contributed by atoms with Crippen molar-refractivity contribution in [2.24, 2.45) is 0 Å². The number of carboxylic acid groups (broad SMARTS) is 1. The Morgan fingerprint density at radius 1 is 0.680 bits per heavy atom. The maximum absolute atomic E-state index is 11.7. The number of Topliss-reactive ketones (excluding diaryl/α,β-unsaturated/α-hetero) is 1. The summed E-state index contributed by atoms with van der Waals surface area (Å²) in [7, 11) is 0. The summed E-state index contributed by atoms with van der Waals surface area (Å²) in [4.78, 5) is 22.0. The zero-order valence-corrected chi connectivity index (χ0v) is 15.4. The van der Waals surface area contributed by atoms with Crippen molar-refractivity contribution in [3.63, 3.8) is 0 Å². The Bertz CT molecular complexity index is 493. The predicted octanol–water partition coefficient (Wildman–Crippen LogP) is 5.95. The first-order chi connectivity index (χ1) is 12.2. The summed E-state index contributed by atoms with van der Waals surface area (Å²) in [5.41, 5.74) is 0. The summed E-state index contributed by atoms with van der Waals surface area (Å²) >= 11 is 0. The molecular formula is C22H32O3. The maximum atomic E-state index is 11.7. The number of carboxylic acids is 1. The molecule has 0 aromatic carbocycles. The Hall–Kier alpha value is -2.16. The molecule has 0 radical (unpaired) electrons. The molecule has 3 nitrogen and oxygen atoms in total. The number of hydrogen-bond donors (Lipinski definition) is 1. The van der Waals surface area contributed by atoms with Crippen molar-refractivity contribution in [3.05, 3.63) is 60.8 Å². The first-order valence-corrected chi connectivity index (χ1v) is 9.15. The van der Waals surface area contributed by atoms with Gasteiger partial charge in [-0.2, -0.15) is 0 Å². The molecular weight excluding hydrogens is 312 g/mol. The van der Waals surface area contributed by atoms with E-state index in [9.17, 15) is 9.59 Å². The van der Waals surface area contributed by atoms with Gasteiger partial charge in [-0.1, -0.05) is 67.7 Å². The molecule has 0 atom stereocenters. The molecule has 0 unspecified atom stereocenters. The summed E-state index contributed by atoms with van der Waals surface area (Å²) in [6.07, 6.45) is 26.7. The van der Waals surface area contributed by atoms with Gasteiger partial charge in [0.1, 0.15) is 5.78 Å². The summed E-state index contributed by atoms with van der Waals surface area (Å²) in [6.45, 7) is 2.11. The number of carbonyl (C=O) groups is 2. The molecule has 0 saturated heterocycles. The smallest absolute Gasteiger partial charge is 0.303 e. The molecule has 0 aromatic heterocycles. The van der Waals surface area contributed by atoms with Crippen LogP contribution in [0, 0.1) is 0 Å². The van der Waals surface area contributed by atoms with Crippen molar-refractivity contribution < 1.29 is 14.7 Å². The van der Waals surface area contributed by atoms with Crippen LogP contribution >= 0.6 is 0 Å². The molecule has 0 aliphatic heterocycles. The molecule has 25 heavy (non-hydrogen) atoms. The van der Waals surface area contributed by atoms with Crippen LogP contribution < -0.4 is 0 Å². The number of aliphatic carboxylic acids is 1. The lowest BCUT2D eigenvalue weighted by Crippen LogP contribution is -1.93. The number of allylic oxidation sites excluding steroid dienone is 10. The third kappa shape index (κ3) is 19.8. The maximum Gasteiger partial charge on any atom is 0.303 e. The fourth-order valence-electron chi connectivity index (χ4n) is 1.98. The Morgan fingerprint density at radius 2 is 1.16 bits per heavy atom. The summed E-state index contributed by atoms with van der Waals surface area (Å²) in [5.74, 6) is -0.480. The van der Waals surface area contributed by atoms with Crippen molar-refractivity contribution in [2.45, 2.75) is 64.7 Å². The molecule has 0 bridgehead atoms. The van der Waals surface area contributed by atoms with E-state index in [2.05, 4.69) is 43.4 Å². The third-order valence-corrected chi connectivity index (χ3v) is 3.35. The second-order valence-electron chi connectivity index (χ2n) is 5.69. The van der Waals surface area contributed by atoms with Gasteiger partial charge in [0.15, 0.2) is 0 Å². The van der Waals surface area contributed by atoms with Gasteiger partial charge < -0.3 is 5.11 Å². The molecule has 0 heterocycles. The molecule has 0 spiro atoms. The Morgan fingerprint density at radius 3 is 1.72 bits per heavy atom. The largest absolute Gasteiger partial charge is 0.481 e. The van der Waals surface area contributed by atoms with Gasteiger partial charge in [-0.15, -0.1) is 0 Å². The lowest BCUT2D eigenvalue weighted by molar-refractivity contribution is -0.136. The van der Waals surface area contributed by atoms with Gasteiger partial charge in [-0.05, 0) is 38.5 Å². The first kappa shape index (κ1) is 22.8. The standard InChI is InChI=1S/C22H32O3/c1-2-3-4-5-12-15-18-21(23)19-16-13-10-8-6-7-9-11-14-17-20-22(24)25/h3-4,6-7,10-15H,2,5,8-9,16-20H2,1H3,(H,24,25)/b4-3-,7-6-,13-10-,14-11-,15-12-. The Balaban J connectivity index is 3.58. The van der Waals surface area contributed by atoms with E-state index in [1.807, 2.05) is 24.3 Å². The second-order valence-corrected chi connectivity index (χ2v) is 5.69. The molecule has 1 N–H and O–H groups in total. The average molecular weight is 344 g/mol. The number of hydrogen-bond acceptors (Lipinski definition) is 2. The molecule has 138 valence electrons. The fourth-order valence-corrected chi connectivity index (χ4v) is 1.98. The SMILES string of the molecule is CC/C=C\C/C=C\CC(=O)CC/C=C\C/C=C\C/C=C\CCC(=O)O. The van der Waals surface area contributed by atoms with Crippen LogP contribution in [0.4, 0.5) is 0 Å². The van der Waals surface area contributed by atoms with Crippen LogP contribution in [-0.2, 0) is 9.59 Å². The fraction of sp³-hybridized carbons (Fsp3) is 0.455. The molecule has 0 saturated carbocycles. The van der Waals surface area contributed by atoms with E-state index < -0.39 is 5.97 Å². The van der Waals surface area contributed by atoms with E-state index >= 15 is 0 Å². The summed E-state index contributed by atoms with van der Waals surface area (Å²) in [5, 5.41) is 8.49. The summed E-state index contributed by atoms with van der Waals surface area (Å²) < 4.78 is 0. The zero-order valence-electron chi connectivity index (χ0n) is 15.4. The molecule has 0 aromatic rings. The van der Waals surface area contributed by atoms with E-state index in [0.29, 0.717) is 19.3 Å². The lowest BCUT2D eigenvalue weighted by atomic mass is 10.1. The van der Waals surface area contributed by atoms with Crippen LogP contribution in [0.25, 0.3) is 0 Å². The van der Waals surface area contributed by atoms with Gasteiger partial charge >= 0.3 is 5.97 Å². The molecule has 0 amide bonds. The number of carbonyl (C=O) groups excluding carboxylic acids is 1. The van der Waals surface area contributed by atoms with E-state index in [-0.39, 0.29) is 12.2 Å². The molecule has 0 aliphatic rings. The quantitative estimate of drug-likeness (QED) is 0.373. The van der Waals surface area contributed by atoms with Crippen LogP contribution in [0.15, 0.2) is 60.8 Å². The zero-order chi connectivity index (χ0) is 18.6. The average Bonchev–Trinajstić information content (AvgIpc) is 2.58. The number of ketones is 1. The highest BCUT2D eigenvalue weighted by Gasteiger charge is 1.96. The van der Waals surface area contributed by atoms with E-state index in [0.717, 1.165) is 32.1 Å². The van der Waals surface area contributed by atoms with Gasteiger partial charge in [0.25, 0.3) is 0 Å². The molecule has 0 rings (SSSR count). The van der Waals surface area contributed by atoms with E-state index in [4.69, 9.17) is 5.11 Å². The Labute approximate surface area is 152 Å². The van der Waals surface area contributed by atoms with Gasteiger partial charge in [-0.3, -0.25) is 9.59 Å². The van der Waals surface area contributed by atoms with Crippen LogP contribution in [0.1, 0.15) is 64.7 Å². The highest BCUT2D eigenvalue weighted by Crippen LogP contribution is 2.01. The van der Waals surface area contributed by atoms with Crippen molar-refractivity contribution >= 4 is 11.8 Å². The normalized spacial score (nSPS) is 12.5. The van der Waals surface area contributed by atoms with Crippen LogP contribution in [0.2, 0.25) is 0 Å². The van der Waals surface area contributed by atoms with Crippen LogP contribution in [-0.4, -0.2) is 16.9 Å². The highest BCUT2D eigenvalue weighted by molar-refractivity contribution is 5.79. The van der Waals surface area contributed by atoms with Gasteiger partial charge in [0, 0.05) is 19.3 Å². The summed E-state index contributed by atoms with van der Waals surface area (Å²) in [6, 6.07) is 0. The van der Waals surface area contributed by atoms with Crippen LogP contribution in [0.5, 0.6) is 0 Å². The van der Waals surface area contributed by atoms with Gasteiger partial charge in [0.2, 0.25) is 0 Å². The highest BCUT2D eigenvalue weighted by atomic mass is 16.4. The van der Waals surface area contributed by atoms with Crippen LogP contribution in [0.3, 0.4) is 0 Å². The van der Waals surface area contributed by atoms with Crippen molar-refractivity contribution in [2.75, 3.05) is 0 Å². The predicted molar refractivity (Wildman–Crippen MR) is 106 cm³/mol. The number of rotatable bonds is 15. The van der Waals surface area contributed by atoms with Crippen molar-refractivity contribution in [1.82, 2.24) is 0 Å². The van der Waals surface area contributed by atoms with Gasteiger partial charge in [0.05, 0.1) is 0 Å². The van der Waals surface area contributed by atoms with E-state index in [1.165, 1.54) is 0 Å². The second kappa shape index (κ2) is 18.2. The minimum Gasteiger partial charge on any atom is -0.481 e. The minimum atomic E-state index is -0.760. The van der Waals surface area contributed by atoms with Crippen molar-refractivity contribution in [3.8, 4) is 0 Å². The topological polar surface area (TPSA) is 54.4 Å². The lowest BCUT2D eigenvalue weighted by Gasteiger charge is -1.93. The Kier molecular flexibility index (Phi) is 16.6.